The van der Waals surface area contributed by atoms with Gasteiger partial charge in [-0.25, -0.2) is 4.79 Å². The fraction of sp³-hybridized carbons (Fsp3) is 0.476. The van der Waals surface area contributed by atoms with Crippen LogP contribution >= 0.6 is 11.6 Å². The van der Waals surface area contributed by atoms with Crippen molar-refractivity contribution in [3.05, 3.63) is 35.0 Å². The molecule has 3 unspecified atom stereocenters. The number of carbonyl (C=O) groups excluding carboxylic acids is 2. The molecule has 31 heavy (non-hydrogen) atoms. The zero-order valence-corrected chi connectivity index (χ0v) is 20.9. The number of hydrogen-bond donors (Lipinski definition) is 4. The molecule has 4 N–H and O–H groups in total. The van der Waals surface area contributed by atoms with E-state index < -0.39 is 35.7 Å². The van der Waals surface area contributed by atoms with Crippen LogP contribution in [0.3, 0.4) is 0 Å². The van der Waals surface area contributed by atoms with Crippen molar-refractivity contribution in [1.29, 1.82) is 0 Å². The molecule has 1 aliphatic carbocycles. The predicted octanol–water partition coefficient (Wildman–Crippen LogP) is 3.32. The van der Waals surface area contributed by atoms with E-state index in [1.807, 2.05) is 0 Å². The first-order valence-electron chi connectivity index (χ1n) is 9.83. The van der Waals surface area contributed by atoms with E-state index in [9.17, 15) is 19.5 Å². The Morgan fingerprint density at radius 2 is 1.84 bits per heavy atom. The predicted molar refractivity (Wildman–Crippen MR) is 118 cm³/mol. The van der Waals surface area contributed by atoms with Crippen LogP contribution < -0.4 is 10.6 Å². The molecule has 0 spiro atoms. The third-order valence-corrected chi connectivity index (χ3v) is 5.28. The largest absolute Gasteiger partial charge is 0.481 e. The standard InChI is InChI=1S/C21H26ClN3O5.Na/c1-21(2,3)30-20(29)25-16-9-11(19(27)28)4-6-15(16)24-18(26)17-10-12-8-13(22)5-7-14(12)23-17;/h5,7-8,10-11,15-16,23H,4,6,9H2,1-3H3,(H,24,26)(H,25,29)(H,27,28);. The van der Waals surface area contributed by atoms with Gasteiger partial charge in [-0.3, -0.25) is 9.59 Å². The molecule has 1 aliphatic rings. The monoisotopic (exact) mass is 458 g/mol. The zero-order valence-electron chi connectivity index (χ0n) is 18.1. The van der Waals surface area contributed by atoms with E-state index in [2.05, 4.69) is 15.6 Å². The second kappa shape index (κ2) is 10.3. The number of carbonyl (C=O) groups is 3. The number of benzene rings is 1. The van der Waals surface area contributed by atoms with Gasteiger partial charge >= 0.3 is 12.1 Å². The van der Waals surface area contributed by atoms with Gasteiger partial charge in [-0.05, 0) is 64.3 Å². The minimum absolute atomic E-state index is 0. The molecule has 2 aromatic rings. The summed E-state index contributed by atoms with van der Waals surface area (Å²) in [5.41, 5.74) is 0.459. The van der Waals surface area contributed by atoms with E-state index in [0.29, 0.717) is 23.6 Å². The number of aliphatic carboxylic acids is 1. The maximum Gasteiger partial charge on any atom is 0.407 e. The van der Waals surface area contributed by atoms with Crippen LogP contribution in [0, 0.1) is 5.92 Å². The summed E-state index contributed by atoms with van der Waals surface area (Å²) in [6.07, 6.45) is 0.407. The second-order valence-corrected chi connectivity index (χ2v) is 9.03. The summed E-state index contributed by atoms with van der Waals surface area (Å²) in [5, 5.41) is 16.4. The molecule has 0 aliphatic heterocycles. The number of fused-ring (bicyclic) bond motifs is 1. The van der Waals surface area contributed by atoms with Crippen molar-refractivity contribution in [2.24, 2.45) is 5.92 Å². The maximum absolute atomic E-state index is 12.8. The van der Waals surface area contributed by atoms with Gasteiger partial charge in [-0.15, -0.1) is 0 Å². The summed E-state index contributed by atoms with van der Waals surface area (Å²) in [5.74, 6) is -1.84. The van der Waals surface area contributed by atoms with Crippen LogP contribution in [0.15, 0.2) is 24.3 Å². The average molecular weight is 459 g/mol. The van der Waals surface area contributed by atoms with Gasteiger partial charge in [0, 0.05) is 51.5 Å². The Morgan fingerprint density at radius 3 is 2.48 bits per heavy atom. The molecule has 0 saturated heterocycles. The van der Waals surface area contributed by atoms with E-state index in [-0.39, 0.29) is 41.9 Å². The van der Waals surface area contributed by atoms with Gasteiger partial charge in [-0.1, -0.05) is 11.6 Å². The van der Waals surface area contributed by atoms with Crippen molar-refractivity contribution in [3.63, 3.8) is 0 Å². The Balaban J connectivity index is 0.00000341. The molecule has 1 radical (unpaired) electrons. The molecule has 8 nitrogen and oxygen atoms in total. The Morgan fingerprint density at radius 1 is 1.13 bits per heavy atom. The SMILES string of the molecule is CC(C)(C)OC(=O)NC1CC(C(=O)O)CCC1NC(=O)c1cc2cc(Cl)ccc2[nH]1.[Na]. The Hall–Kier alpha value is -1.74. The third kappa shape index (κ3) is 6.87. The van der Waals surface area contributed by atoms with Gasteiger partial charge in [0.15, 0.2) is 0 Å². The molecule has 0 bridgehead atoms. The number of carboxylic acid groups (broad SMARTS) is 1. The molecule has 1 heterocycles. The molecule has 1 fully saturated rings. The number of carboxylic acids is 1. The van der Waals surface area contributed by atoms with Gasteiger partial charge in [0.1, 0.15) is 11.3 Å². The molecule has 1 aromatic carbocycles. The summed E-state index contributed by atoms with van der Waals surface area (Å²) in [6, 6.07) is 6.01. The Kier molecular flexibility index (Phi) is 8.44. The van der Waals surface area contributed by atoms with Crippen molar-refractivity contribution < 1.29 is 24.2 Å². The summed E-state index contributed by atoms with van der Waals surface area (Å²) >= 11 is 6.00. The number of aromatic amines is 1. The Bertz CT molecular complexity index is 972. The number of hydrogen-bond acceptors (Lipinski definition) is 4. The first kappa shape index (κ1) is 25.5. The fourth-order valence-corrected chi connectivity index (χ4v) is 3.84. The normalized spacial score (nSPS) is 21.1. The third-order valence-electron chi connectivity index (χ3n) is 5.05. The van der Waals surface area contributed by atoms with E-state index in [0.717, 1.165) is 10.9 Å². The minimum Gasteiger partial charge on any atom is -0.481 e. The molecule has 3 atom stereocenters. The minimum atomic E-state index is -0.914. The average Bonchev–Trinajstić information content (AvgIpc) is 3.04. The van der Waals surface area contributed by atoms with Crippen LogP contribution in [0.5, 0.6) is 0 Å². The second-order valence-electron chi connectivity index (χ2n) is 8.60. The van der Waals surface area contributed by atoms with Gasteiger partial charge in [0.05, 0.1) is 12.0 Å². The molecular weight excluding hydrogens is 433 g/mol. The molecule has 10 heteroatoms. The van der Waals surface area contributed by atoms with Crippen LogP contribution in [-0.4, -0.2) is 75.3 Å². The van der Waals surface area contributed by atoms with Gasteiger partial charge in [0.25, 0.3) is 5.91 Å². The van der Waals surface area contributed by atoms with E-state index in [4.69, 9.17) is 16.3 Å². The molecule has 1 saturated carbocycles. The molecule has 1 aromatic heterocycles. The number of nitrogens with one attached hydrogen (secondary N) is 3. The molecule has 3 rings (SSSR count). The van der Waals surface area contributed by atoms with Crippen molar-refractivity contribution in [1.82, 2.24) is 15.6 Å². The van der Waals surface area contributed by atoms with Crippen LogP contribution in [0.4, 0.5) is 4.79 Å². The number of alkyl carbamates (subject to hydrolysis) is 1. The van der Waals surface area contributed by atoms with E-state index in [1.165, 1.54) is 0 Å². The van der Waals surface area contributed by atoms with Crippen molar-refractivity contribution in [2.45, 2.75) is 57.7 Å². The summed E-state index contributed by atoms with van der Waals surface area (Å²) in [7, 11) is 0. The number of aromatic nitrogens is 1. The maximum atomic E-state index is 12.8. The van der Waals surface area contributed by atoms with Crippen molar-refractivity contribution in [3.8, 4) is 0 Å². The summed E-state index contributed by atoms with van der Waals surface area (Å²) < 4.78 is 5.30. The first-order chi connectivity index (χ1) is 14.0. The van der Waals surface area contributed by atoms with E-state index >= 15 is 0 Å². The molecular formula is C21H26ClN3NaO5. The quantitative estimate of drug-likeness (QED) is 0.524. The number of rotatable bonds is 4. The number of amides is 2. The summed E-state index contributed by atoms with van der Waals surface area (Å²) in [6.45, 7) is 5.23. The van der Waals surface area contributed by atoms with Crippen LogP contribution in [0.1, 0.15) is 50.5 Å². The van der Waals surface area contributed by atoms with Crippen molar-refractivity contribution in [2.75, 3.05) is 0 Å². The van der Waals surface area contributed by atoms with Gasteiger partial charge in [-0.2, -0.15) is 0 Å². The smallest absolute Gasteiger partial charge is 0.407 e. The fourth-order valence-electron chi connectivity index (χ4n) is 3.66. The summed E-state index contributed by atoms with van der Waals surface area (Å²) in [4.78, 5) is 39.5. The number of ether oxygens (including phenoxy) is 1. The number of H-pyrrole nitrogens is 1. The zero-order chi connectivity index (χ0) is 22.1. The Labute approximate surface area is 207 Å². The van der Waals surface area contributed by atoms with Crippen molar-refractivity contribution >= 4 is 70.0 Å². The number of halogens is 1. The van der Waals surface area contributed by atoms with Crippen LogP contribution in [-0.2, 0) is 9.53 Å². The van der Waals surface area contributed by atoms with Gasteiger partial charge < -0.3 is 25.5 Å². The molecule has 163 valence electrons. The molecule has 2 amide bonds. The van der Waals surface area contributed by atoms with Crippen LogP contribution in [0.2, 0.25) is 5.02 Å². The topological polar surface area (TPSA) is 121 Å². The first-order valence-corrected chi connectivity index (χ1v) is 10.2. The van der Waals surface area contributed by atoms with Crippen LogP contribution in [0.25, 0.3) is 10.9 Å². The van der Waals surface area contributed by atoms with E-state index in [1.54, 1.807) is 45.0 Å². The van der Waals surface area contributed by atoms with Gasteiger partial charge in [0.2, 0.25) is 0 Å².